The van der Waals surface area contributed by atoms with Crippen LogP contribution in [0.5, 0.6) is 5.75 Å². The molecule has 3 rings (SSSR count). The van der Waals surface area contributed by atoms with E-state index in [2.05, 4.69) is 34.7 Å². The largest absolute Gasteiger partial charge is 0.495 e. The summed E-state index contributed by atoms with van der Waals surface area (Å²) in [6, 6.07) is 19.1. The molecule has 0 aliphatic rings. The number of hydrogen-bond acceptors (Lipinski definition) is 4. The zero-order valence-electron chi connectivity index (χ0n) is 14.8. The van der Waals surface area contributed by atoms with E-state index < -0.39 is 0 Å². The number of carbonyl (C=O) groups excluding carboxylic acids is 1. The third kappa shape index (κ3) is 4.19. The van der Waals surface area contributed by atoms with Crippen LogP contribution in [0.1, 0.15) is 21.6 Å². The maximum absolute atomic E-state index is 12.5. The van der Waals surface area contributed by atoms with Crippen molar-refractivity contribution in [2.75, 3.05) is 17.7 Å². The highest BCUT2D eigenvalue weighted by Crippen LogP contribution is 2.23. The number of anilines is 2. The lowest BCUT2D eigenvalue weighted by Gasteiger charge is -2.11. The van der Waals surface area contributed by atoms with Crippen LogP contribution in [0.3, 0.4) is 0 Å². The summed E-state index contributed by atoms with van der Waals surface area (Å²) in [5, 5.41) is 6.17. The van der Waals surface area contributed by atoms with Gasteiger partial charge in [0.1, 0.15) is 11.4 Å². The molecule has 0 atom stereocenters. The highest BCUT2D eigenvalue weighted by molar-refractivity contribution is 6.04. The van der Waals surface area contributed by atoms with Gasteiger partial charge in [-0.05, 0) is 42.3 Å². The monoisotopic (exact) mass is 347 g/mol. The maximum atomic E-state index is 12.5. The van der Waals surface area contributed by atoms with Crippen molar-refractivity contribution < 1.29 is 9.53 Å². The Morgan fingerprint density at radius 3 is 2.65 bits per heavy atom. The molecule has 26 heavy (non-hydrogen) atoms. The van der Waals surface area contributed by atoms with E-state index >= 15 is 0 Å². The number of ether oxygens (including phenoxy) is 1. The van der Waals surface area contributed by atoms with Gasteiger partial charge in [-0.25, -0.2) is 0 Å². The number of hydrogen-bond donors (Lipinski definition) is 2. The van der Waals surface area contributed by atoms with Gasteiger partial charge in [-0.1, -0.05) is 36.4 Å². The highest BCUT2D eigenvalue weighted by atomic mass is 16.5. The maximum Gasteiger partial charge on any atom is 0.274 e. The fraction of sp³-hybridized carbons (Fsp3) is 0.143. The Labute approximate surface area is 153 Å². The molecule has 0 saturated carbocycles. The van der Waals surface area contributed by atoms with Crippen LogP contribution in [-0.2, 0) is 6.54 Å². The first-order valence-electron chi connectivity index (χ1n) is 8.36. The van der Waals surface area contributed by atoms with Gasteiger partial charge in [0, 0.05) is 18.4 Å². The summed E-state index contributed by atoms with van der Waals surface area (Å²) in [4.78, 5) is 16.7. The number of benzene rings is 2. The molecule has 0 aliphatic heterocycles. The van der Waals surface area contributed by atoms with Crippen LogP contribution >= 0.6 is 0 Å². The van der Waals surface area contributed by atoms with Crippen molar-refractivity contribution in [1.29, 1.82) is 0 Å². The average molecular weight is 347 g/mol. The van der Waals surface area contributed by atoms with Crippen LogP contribution < -0.4 is 15.4 Å². The van der Waals surface area contributed by atoms with Crippen LogP contribution in [0.2, 0.25) is 0 Å². The Kier molecular flexibility index (Phi) is 5.49. The van der Waals surface area contributed by atoms with E-state index in [1.165, 1.54) is 11.1 Å². The number of carbonyl (C=O) groups is 1. The topological polar surface area (TPSA) is 63.2 Å². The summed E-state index contributed by atoms with van der Waals surface area (Å²) in [7, 11) is 1.57. The quantitative estimate of drug-likeness (QED) is 0.699. The Balaban J connectivity index is 1.70. The number of nitrogens with one attached hydrogen (secondary N) is 2. The first-order chi connectivity index (χ1) is 12.7. The number of aryl methyl sites for hydroxylation is 1. The molecule has 0 unspecified atom stereocenters. The molecular formula is C21H21N3O2. The summed E-state index contributed by atoms with van der Waals surface area (Å²) in [6.07, 6.45) is 1.62. The van der Waals surface area contributed by atoms with Crippen molar-refractivity contribution in [3.8, 4) is 5.75 Å². The van der Waals surface area contributed by atoms with Gasteiger partial charge < -0.3 is 15.4 Å². The van der Waals surface area contributed by atoms with E-state index in [0.717, 1.165) is 5.69 Å². The van der Waals surface area contributed by atoms with Gasteiger partial charge in [-0.3, -0.25) is 9.78 Å². The van der Waals surface area contributed by atoms with Gasteiger partial charge in [0.05, 0.1) is 12.8 Å². The molecule has 132 valence electrons. The second kappa shape index (κ2) is 8.16. The SMILES string of the molecule is COc1ccccc1NC(=O)c1cc(NCc2ccccc2C)ccn1. The highest BCUT2D eigenvalue weighted by Gasteiger charge is 2.11. The number of rotatable bonds is 6. The van der Waals surface area contributed by atoms with E-state index in [-0.39, 0.29) is 5.91 Å². The summed E-state index contributed by atoms with van der Waals surface area (Å²) in [6.45, 7) is 2.76. The predicted octanol–water partition coefficient (Wildman–Crippen LogP) is 4.26. The molecule has 1 amide bonds. The predicted molar refractivity (Wildman–Crippen MR) is 104 cm³/mol. The number of aromatic nitrogens is 1. The molecule has 0 bridgehead atoms. The zero-order valence-corrected chi connectivity index (χ0v) is 14.8. The normalized spacial score (nSPS) is 10.2. The van der Waals surface area contributed by atoms with Crippen LogP contribution in [-0.4, -0.2) is 18.0 Å². The van der Waals surface area contributed by atoms with Crippen LogP contribution in [0.4, 0.5) is 11.4 Å². The van der Waals surface area contributed by atoms with Crippen molar-refractivity contribution in [2.45, 2.75) is 13.5 Å². The van der Waals surface area contributed by atoms with E-state index in [1.54, 1.807) is 31.5 Å². The average Bonchev–Trinajstić information content (AvgIpc) is 2.68. The molecule has 0 spiro atoms. The van der Waals surface area contributed by atoms with Gasteiger partial charge in [-0.2, -0.15) is 0 Å². The first kappa shape index (κ1) is 17.5. The van der Waals surface area contributed by atoms with Gasteiger partial charge in [0.25, 0.3) is 5.91 Å². The number of methoxy groups -OCH3 is 1. The molecule has 5 nitrogen and oxygen atoms in total. The Morgan fingerprint density at radius 1 is 1.08 bits per heavy atom. The standard InChI is InChI=1S/C21H21N3O2/c1-15-7-3-4-8-16(15)14-23-17-11-12-22-19(13-17)21(25)24-18-9-5-6-10-20(18)26-2/h3-13H,14H2,1-2H3,(H,22,23)(H,24,25). The van der Waals surface area contributed by atoms with E-state index in [1.807, 2.05) is 30.3 Å². The van der Waals surface area contributed by atoms with Gasteiger partial charge in [0.2, 0.25) is 0 Å². The fourth-order valence-electron chi connectivity index (χ4n) is 2.60. The molecule has 3 aromatic rings. The first-order valence-corrected chi connectivity index (χ1v) is 8.36. The number of nitrogens with zero attached hydrogens (tertiary/aromatic N) is 1. The lowest BCUT2D eigenvalue weighted by atomic mass is 10.1. The minimum Gasteiger partial charge on any atom is -0.495 e. The second-order valence-corrected chi connectivity index (χ2v) is 5.86. The number of para-hydroxylation sites is 2. The Morgan fingerprint density at radius 2 is 1.85 bits per heavy atom. The van der Waals surface area contributed by atoms with Crippen molar-refractivity contribution in [3.63, 3.8) is 0 Å². The smallest absolute Gasteiger partial charge is 0.274 e. The molecule has 1 heterocycles. The number of pyridine rings is 1. The Hall–Kier alpha value is -3.34. The van der Waals surface area contributed by atoms with Crippen molar-refractivity contribution in [1.82, 2.24) is 4.98 Å². The van der Waals surface area contributed by atoms with Gasteiger partial charge >= 0.3 is 0 Å². The Bertz CT molecular complexity index is 909. The van der Waals surface area contributed by atoms with Crippen LogP contribution in [0.15, 0.2) is 66.9 Å². The lowest BCUT2D eigenvalue weighted by Crippen LogP contribution is -2.14. The third-order valence-corrected chi connectivity index (χ3v) is 4.09. The van der Waals surface area contributed by atoms with E-state index in [0.29, 0.717) is 23.7 Å². The molecule has 0 radical (unpaired) electrons. The van der Waals surface area contributed by atoms with Gasteiger partial charge in [0.15, 0.2) is 0 Å². The molecule has 0 fully saturated rings. The molecule has 5 heteroatoms. The third-order valence-electron chi connectivity index (χ3n) is 4.09. The van der Waals surface area contributed by atoms with Crippen molar-refractivity contribution >= 4 is 17.3 Å². The van der Waals surface area contributed by atoms with Crippen molar-refractivity contribution in [3.05, 3.63) is 83.7 Å². The van der Waals surface area contributed by atoms with Crippen molar-refractivity contribution in [2.24, 2.45) is 0 Å². The minimum absolute atomic E-state index is 0.283. The fourth-order valence-corrected chi connectivity index (χ4v) is 2.60. The van der Waals surface area contributed by atoms with Crippen LogP contribution in [0.25, 0.3) is 0 Å². The van der Waals surface area contributed by atoms with E-state index in [9.17, 15) is 4.79 Å². The second-order valence-electron chi connectivity index (χ2n) is 5.86. The van der Waals surface area contributed by atoms with Crippen LogP contribution in [0, 0.1) is 6.92 Å². The lowest BCUT2D eigenvalue weighted by molar-refractivity contribution is 0.102. The van der Waals surface area contributed by atoms with Gasteiger partial charge in [-0.15, -0.1) is 0 Å². The molecule has 1 aromatic heterocycles. The summed E-state index contributed by atoms with van der Waals surface area (Å²) in [5.74, 6) is 0.323. The number of amides is 1. The van der Waals surface area contributed by atoms with E-state index in [4.69, 9.17) is 4.74 Å². The summed E-state index contributed by atoms with van der Waals surface area (Å²) >= 11 is 0. The molecular weight excluding hydrogens is 326 g/mol. The zero-order chi connectivity index (χ0) is 18.4. The molecule has 2 N–H and O–H groups in total. The molecule has 0 aliphatic carbocycles. The molecule has 0 saturated heterocycles. The summed E-state index contributed by atoms with van der Waals surface area (Å²) < 4.78 is 5.26. The molecule has 2 aromatic carbocycles. The summed E-state index contributed by atoms with van der Waals surface area (Å²) in [5.41, 5.74) is 4.23. The minimum atomic E-state index is -0.283.